The number of fused-ring (bicyclic) bond motifs is 2. The topological polar surface area (TPSA) is 78.4 Å². The SMILES string of the molecule is CCC[C@@H](CC(=O)O)n1c(=O)n(Cc2cn(C)c3cccc(C)c23)c2ccc(OCC)cc21. The molecule has 4 rings (SSSR count). The van der Waals surface area contributed by atoms with E-state index in [9.17, 15) is 14.7 Å². The highest BCUT2D eigenvalue weighted by Gasteiger charge is 2.23. The van der Waals surface area contributed by atoms with Crippen LogP contribution in [0, 0.1) is 6.92 Å². The minimum absolute atomic E-state index is 0.0981. The first-order valence-corrected chi connectivity index (χ1v) is 11.5. The fourth-order valence-electron chi connectivity index (χ4n) is 4.90. The van der Waals surface area contributed by atoms with Gasteiger partial charge in [-0.1, -0.05) is 25.5 Å². The molecule has 7 nitrogen and oxygen atoms in total. The third-order valence-corrected chi connectivity index (χ3v) is 6.27. The number of rotatable bonds is 9. The molecular weight excluding hydrogens is 418 g/mol. The maximum Gasteiger partial charge on any atom is 0.329 e. The summed E-state index contributed by atoms with van der Waals surface area (Å²) in [4.78, 5) is 25.4. The van der Waals surface area contributed by atoms with Crippen LogP contribution >= 0.6 is 0 Å². The van der Waals surface area contributed by atoms with Gasteiger partial charge in [0.2, 0.25) is 0 Å². The summed E-state index contributed by atoms with van der Waals surface area (Å²) >= 11 is 0. The Bertz CT molecular complexity index is 1380. The lowest BCUT2D eigenvalue weighted by Crippen LogP contribution is -2.29. The molecule has 2 heterocycles. The molecule has 1 atom stereocenters. The van der Waals surface area contributed by atoms with Gasteiger partial charge in [-0.3, -0.25) is 13.9 Å². The molecule has 0 saturated carbocycles. The Morgan fingerprint density at radius 3 is 2.61 bits per heavy atom. The van der Waals surface area contributed by atoms with Crippen molar-refractivity contribution in [3.8, 4) is 5.75 Å². The first-order valence-electron chi connectivity index (χ1n) is 11.5. The van der Waals surface area contributed by atoms with E-state index in [4.69, 9.17) is 4.74 Å². The number of aryl methyl sites for hydroxylation is 2. The van der Waals surface area contributed by atoms with Crippen molar-refractivity contribution in [3.05, 3.63) is 64.2 Å². The van der Waals surface area contributed by atoms with E-state index in [2.05, 4.69) is 29.8 Å². The molecule has 7 heteroatoms. The number of nitrogens with zero attached hydrogens (tertiary/aromatic N) is 3. The van der Waals surface area contributed by atoms with Crippen LogP contribution in [0.2, 0.25) is 0 Å². The highest BCUT2D eigenvalue weighted by molar-refractivity contribution is 5.87. The van der Waals surface area contributed by atoms with Gasteiger partial charge in [0.1, 0.15) is 5.75 Å². The van der Waals surface area contributed by atoms with E-state index in [1.807, 2.05) is 45.2 Å². The molecule has 2 aromatic carbocycles. The van der Waals surface area contributed by atoms with Gasteiger partial charge < -0.3 is 14.4 Å². The molecule has 33 heavy (non-hydrogen) atoms. The van der Waals surface area contributed by atoms with Gasteiger partial charge in [-0.05, 0) is 49.6 Å². The largest absolute Gasteiger partial charge is 0.494 e. The van der Waals surface area contributed by atoms with Crippen LogP contribution in [0.3, 0.4) is 0 Å². The Morgan fingerprint density at radius 1 is 1.12 bits per heavy atom. The third kappa shape index (κ3) is 4.15. The average molecular weight is 450 g/mol. The lowest BCUT2D eigenvalue weighted by molar-refractivity contribution is -0.137. The summed E-state index contributed by atoms with van der Waals surface area (Å²) in [6.07, 6.45) is 3.37. The molecule has 0 saturated heterocycles. The number of benzene rings is 2. The predicted molar refractivity (Wildman–Crippen MR) is 130 cm³/mol. The minimum Gasteiger partial charge on any atom is -0.494 e. The third-order valence-electron chi connectivity index (χ3n) is 6.27. The number of aliphatic carboxylic acids is 1. The second-order valence-corrected chi connectivity index (χ2v) is 8.60. The Balaban J connectivity index is 1.93. The standard InChI is InChI=1S/C26H31N3O4/c1-5-8-19(13-24(30)31)29-23-14-20(33-6-2)11-12-21(23)28(26(29)32)16-18-15-27(4)22-10-7-9-17(3)25(18)22/h7,9-12,14-15,19H,5-6,8,13,16H2,1-4H3,(H,30,31)/t19-/m0/s1. The Kier molecular flexibility index (Phi) is 6.31. The van der Waals surface area contributed by atoms with Crippen molar-refractivity contribution in [2.45, 2.75) is 52.6 Å². The number of imidazole rings is 1. The van der Waals surface area contributed by atoms with Gasteiger partial charge in [0.15, 0.2) is 0 Å². The molecule has 4 aromatic rings. The molecule has 0 aliphatic carbocycles. The molecule has 0 radical (unpaired) electrons. The van der Waals surface area contributed by atoms with Crippen molar-refractivity contribution in [2.24, 2.45) is 7.05 Å². The van der Waals surface area contributed by atoms with E-state index in [-0.39, 0.29) is 12.1 Å². The zero-order valence-electron chi connectivity index (χ0n) is 19.7. The Morgan fingerprint density at radius 2 is 1.91 bits per heavy atom. The average Bonchev–Trinajstić information content (AvgIpc) is 3.22. The maximum atomic E-state index is 13.8. The van der Waals surface area contributed by atoms with E-state index in [1.165, 1.54) is 0 Å². The van der Waals surface area contributed by atoms with Gasteiger partial charge in [0.25, 0.3) is 0 Å². The van der Waals surface area contributed by atoms with Crippen molar-refractivity contribution in [3.63, 3.8) is 0 Å². The summed E-state index contributed by atoms with van der Waals surface area (Å²) < 4.78 is 11.2. The zero-order valence-corrected chi connectivity index (χ0v) is 19.7. The van der Waals surface area contributed by atoms with Crippen LogP contribution in [0.4, 0.5) is 0 Å². The number of hydrogen-bond donors (Lipinski definition) is 1. The van der Waals surface area contributed by atoms with E-state index in [1.54, 1.807) is 9.13 Å². The minimum atomic E-state index is -0.910. The smallest absolute Gasteiger partial charge is 0.329 e. The summed E-state index contributed by atoms with van der Waals surface area (Å²) in [6, 6.07) is 11.4. The first-order chi connectivity index (χ1) is 15.8. The fraction of sp³-hybridized carbons (Fsp3) is 0.385. The van der Waals surface area contributed by atoms with Crippen LogP contribution in [-0.4, -0.2) is 31.4 Å². The van der Waals surface area contributed by atoms with E-state index in [0.29, 0.717) is 30.8 Å². The molecule has 0 aliphatic heterocycles. The quantitative estimate of drug-likeness (QED) is 0.396. The van der Waals surface area contributed by atoms with Crippen molar-refractivity contribution < 1.29 is 14.6 Å². The zero-order chi connectivity index (χ0) is 23.7. The molecule has 1 N–H and O–H groups in total. The molecule has 0 aliphatic rings. The van der Waals surface area contributed by atoms with Crippen LogP contribution in [0.25, 0.3) is 21.9 Å². The van der Waals surface area contributed by atoms with Crippen molar-refractivity contribution in [1.29, 1.82) is 0 Å². The maximum absolute atomic E-state index is 13.8. The summed E-state index contributed by atoms with van der Waals surface area (Å²) in [5.74, 6) is -0.241. The summed E-state index contributed by atoms with van der Waals surface area (Å²) in [5, 5.41) is 10.7. The van der Waals surface area contributed by atoms with E-state index in [0.717, 1.165) is 34.0 Å². The van der Waals surface area contributed by atoms with Gasteiger partial charge in [0.05, 0.1) is 30.6 Å². The normalized spacial score (nSPS) is 12.5. The number of carbonyl (C=O) groups is 1. The van der Waals surface area contributed by atoms with Crippen LogP contribution in [0.5, 0.6) is 5.75 Å². The van der Waals surface area contributed by atoms with Crippen LogP contribution < -0.4 is 10.4 Å². The number of aromatic nitrogens is 3. The molecule has 0 amide bonds. The monoisotopic (exact) mass is 449 g/mol. The van der Waals surface area contributed by atoms with Crippen molar-refractivity contribution in [2.75, 3.05) is 6.61 Å². The molecule has 0 fully saturated rings. The molecule has 2 aromatic heterocycles. The second kappa shape index (κ2) is 9.17. The van der Waals surface area contributed by atoms with Gasteiger partial charge in [-0.15, -0.1) is 0 Å². The van der Waals surface area contributed by atoms with Gasteiger partial charge in [-0.2, -0.15) is 0 Å². The van der Waals surface area contributed by atoms with Crippen molar-refractivity contribution >= 4 is 27.9 Å². The van der Waals surface area contributed by atoms with Crippen LogP contribution in [0.1, 0.15) is 50.3 Å². The first kappa shape index (κ1) is 22.7. The van der Waals surface area contributed by atoms with Gasteiger partial charge >= 0.3 is 11.7 Å². The predicted octanol–water partition coefficient (Wildman–Crippen LogP) is 4.87. The molecular formula is C26H31N3O4. The van der Waals surface area contributed by atoms with Crippen LogP contribution in [0.15, 0.2) is 47.4 Å². The Labute approximate surface area is 192 Å². The molecule has 0 unspecified atom stereocenters. The number of ether oxygens (including phenoxy) is 1. The summed E-state index contributed by atoms with van der Waals surface area (Å²) in [5.41, 5.74) is 4.64. The lowest BCUT2D eigenvalue weighted by Gasteiger charge is -2.16. The van der Waals surface area contributed by atoms with Crippen molar-refractivity contribution in [1.82, 2.24) is 13.7 Å². The number of hydrogen-bond acceptors (Lipinski definition) is 3. The summed E-state index contributed by atoms with van der Waals surface area (Å²) in [6.45, 7) is 6.92. The highest BCUT2D eigenvalue weighted by atomic mass is 16.5. The fourth-order valence-corrected chi connectivity index (χ4v) is 4.90. The Hall–Kier alpha value is -3.48. The van der Waals surface area contributed by atoms with Gasteiger partial charge in [-0.25, -0.2) is 4.79 Å². The van der Waals surface area contributed by atoms with Crippen LogP contribution in [-0.2, 0) is 18.4 Å². The summed E-state index contributed by atoms with van der Waals surface area (Å²) in [7, 11) is 2.01. The molecule has 0 bridgehead atoms. The lowest BCUT2D eigenvalue weighted by atomic mass is 10.1. The van der Waals surface area contributed by atoms with E-state index >= 15 is 0 Å². The second-order valence-electron chi connectivity index (χ2n) is 8.60. The molecule has 0 spiro atoms. The van der Waals surface area contributed by atoms with E-state index < -0.39 is 12.0 Å². The molecule has 174 valence electrons. The van der Waals surface area contributed by atoms with Gasteiger partial charge in [0, 0.05) is 36.3 Å². The highest BCUT2D eigenvalue weighted by Crippen LogP contribution is 2.29. The number of carboxylic acids is 1. The number of carboxylic acid groups (broad SMARTS) is 1.